The van der Waals surface area contributed by atoms with E-state index in [1.54, 1.807) is 12.3 Å². The van der Waals surface area contributed by atoms with Gasteiger partial charge in [-0.05, 0) is 44.1 Å². The van der Waals surface area contributed by atoms with Gasteiger partial charge in [0.1, 0.15) is 24.0 Å². The molecule has 5 rings (SSSR count). The van der Waals surface area contributed by atoms with Gasteiger partial charge in [0.2, 0.25) is 0 Å². The number of likely N-dealkylation sites (tertiary alicyclic amines) is 1. The molecular formula is C21H20ClFN4O2. The van der Waals surface area contributed by atoms with Crippen LogP contribution in [0.5, 0.6) is 0 Å². The molecule has 1 saturated heterocycles. The van der Waals surface area contributed by atoms with Gasteiger partial charge in [0.05, 0.1) is 10.6 Å². The SMILES string of the molecule is O=C1Nc2ccc(F)cc2C1=C1OCc2c1cnc(NCCN1CCCC1)c2Cl. The summed E-state index contributed by atoms with van der Waals surface area (Å²) < 4.78 is 19.6. The number of hydrogen-bond donors (Lipinski definition) is 2. The molecule has 0 spiro atoms. The van der Waals surface area contributed by atoms with Crippen LogP contribution in [0.3, 0.4) is 0 Å². The number of rotatable bonds is 4. The smallest absolute Gasteiger partial charge is 0.260 e. The van der Waals surface area contributed by atoms with Crippen molar-refractivity contribution in [2.75, 3.05) is 36.8 Å². The second-order valence-electron chi connectivity index (χ2n) is 7.43. The number of carbonyl (C=O) groups is 1. The summed E-state index contributed by atoms with van der Waals surface area (Å²) in [5, 5.41) is 6.55. The Morgan fingerprint density at radius 3 is 2.93 bits per heavy atom. The van der Waals surface area contributed by atoms with Crippen LogP contribution in [-0.4, -0.2) is 42.0 Å². The highest BCUT2D eigenvalue weighted by Crippen LogP contribution is 2.44. The van der Waals surface area contributed by atoms with E-state index < -0.39 is 5.82 Å². The minimum Gasteiger partial charge on any atom is -0.487 e. The van der Waals surface area contributed by atoms with Crippen molar-refractivity contribution < 1.29 is 13.9 Å². The van der Waals surface area contributed by atoms with Crippen LogP contribution in [0.2, 0.25) is 5.02 Å². The molecule has 1 amide bonds. The molecule has 3 aliphatic heterocycles. The third-order valence-corrected chi connectivity index (χ3v) is 6.01. The minimum absolute atomic E-state index is 0.244. The highest BCUT2D eigenvalue weighted by molar-refractivity contribution is 6.37. The number of ether oxygens (including phenoxy) is 1. The zero-order valence-electron chi connectivity index (χ0n) is 15.7. The number of aromatic nitrogens is 1. The van der Waals surface area contributed by atoms with Gasteiger partial charge < -0.3 is 20.3 Å². The van der Waals surface area contributed by atoms with E-state index >= 15 is 0 Å². The number of benzene rings is 1. The average Bonchev–Trinajstić information content (AvgIpc) is 3.42. The molecule has 0 aliphatic carbocycles. The lowest BCUT2D eigenvalue weighted by atomic mass is 10.0. The molecule has 0 unspecified atom stereocenters. The molecule has 0 radical (unpaired) electrons. The summed E-state index contributed by atoms with van der Waals surface area (Å²) in [4.78, 5) is 19.4. The Morgan fingerprint density at radius 1 is 1.28 bits per heavy atom. The van der Waals surface area contributed by atoms with Crippen molar-refractivity contribution in [2.45, 2.75) is 19.4 Å². The molecular weight excluding hydrogens is 395 g/mol. The van der Waals surface area contributed by atoms with Crippen LogP contribution in [0.25, 0.3) is 11.3 Å². The lowest BCUT2D eigenvalue weighted by molar-refractivity contribution is -0.110. The summed E-state index contributed by atoms with van der Waals surface area (Å²) in [6.07, 6.45) is 4.18. The molecule has 1 aromatic carbocycles. The third-order valence-electron chi connectivity index (χ3n) is 5.60. The van der Waals surface area contributed by atoms with E-state index in [-0.39, 0.29) is 12.5 Å². The van der Waals surface area contributed by atoms with Crippen LogP contribution in [0.15, 0.2) is 24.4 Å². The molecule has 8 heteroatoms. The number of pyridine rings is 1. The number of anilines is 2. The predicted molar refractivity (Wildman–Crippen MR) is 110 cm³/mol. The van der Waals surface area contributed by atoms with Gasteiger partial charge in [0, 0.05) is 41.7 Å². The summed E-state index contributed by atoms with van der Waals surface area (Å²) in [7, 11) is 0. The molecule has 4 heterocycles. The Hall–Kier alpha value is -2.64. The number of fused-ring (bicyclic) bond motifs is 2. The maximum Gasteiger partial charge on any atom is 0.260 e. The molecule has 6 nitrogen and oxygen atoms in total. The van der Waals surface area contributed by atoms with E-state index in [1.165, 1.54) is 25.0 Å². The fraction of sp³-hybridized carbons (Fsp3) is 0.333. The summed E-state index contributed by atoms with van der Waals surface area (Å²) in [6.45, 7) is 4.23. The number of hydrogen-bond acceptors (Lipinski definition) is 5. The van der Waals surface area contributed by atoms with Gasteiger partial charge in [0.25, 0.3) is 5.91 Å². The number of carbonyl (C=O) groups excluding carboxylic acids is 1. The number of nitrogens with zero attached hydrogens (tertiary/aromatic N) is 2. The van der Waals surface area contributed by atoms with Gasteiger partial charge in [-0.2, -0.15) is 0 Å². The third kappa shape index (κ3) is 3.24. The summed E-state index contributed by atoms with van der Waals surface area (Å²) in [5.41, 5.74) is 2.82. The molecule has 150 valence electrons. The second kappa shape index (κ2) is 7.31. The lowest BCUT2D eigenvalue weighted by Gasteiger charge is -2.16. The van der Waals surface area contributed by atoms with Crippen molar-refractivity contribution in [2.24, 2.45) is 0 Å². The van der Waals surface area contributed by atoms with Crippen LogP contribution in [0.4, 0.5) is 15.9 Å². The Bertz CT molecular complexity index is 1030. The minimum atomic E-state index is -0.412. The maximum atomic E-state index is 13.7. The van der Waals surface area contributed by atoms with E-state index in [1.807, 2.05) is 0 Å². The number of nitrogens with one attached hydrogen (secondary N) is 2. The van der Waals surface area contributed by atoms with Crippen molar-refractivity contribution in [1.29, 1.82) is 0 Å². The highest BCUT2D eigenvalue weighted by Gasteiger charge is 2.34. The van der Waals surface area contributed by atoms with Crippen LogP contribution in [0.1, 0.15) is 29.5 Å². The van der Waals surface area contributed by atoms with Gasteiger partial charge in [-0.25, -0.2) is 9.37 Å². The Balaban J connectivity index is 1.44. The Morgan fingerprint density at radius 2 is 2.10 bits per heavy atom. The number of halogens is 2. The maximum absolute atomic E-state index is 13.7. The summed E-state index contributed by atoms with van der Waals surface area (Å²) in [5.74, 6) is 0.268. The van der Waals surface area contributed by atoms with Crippen molar-refractivity contribution >= 4 is 40.3 Å². The topological polar surface area (TPSA) is 66.5 Å². The van der Waals surface area contributed by atoms with Gasteiger partial charge in [0.15, 0.2) is 0 Å². The first-order chi connectivity index (χ1) is 14.1. The Kier molecular flexibility index (Phi) is 4.64. The fourth-order valence-corrected chi connectivity index (χ4v) is 4.39. The molecule has 29 heavy (non-hydrogen) atoms. The molecule has 0 bridgehead atoms. The van der Waals surface area contributed by atoms with E-state index in [0.717, 1.165) is 31.7 Å². The van der Waals surface area contributed by atoms with Gasteiger partial charge in [-0.3, -0.25) is 4.79 Å². The largest absolute Gasteiger partial charge is 0.487 e. The Labute approximate surface area is 172 Å². The van der Waals surface area contributed by atoms with Gasteiger partial charge in [-0.15, -0.1) is 0 Å². The molecule has 1 fully saturated rings. The second-order valence-corrected chi connectivity index (χ2v) is 7.80. The van der Waals surface area contributed by atoms with Crippen LogP contribution >= 0.6 is 11.6 Å². The molecule has 0 saturated carbocycles. The van der Waals surface area contributed by atoms with E-state index in [2.05, 4.69) is 20.5 Å². The van der Waals surface area contributed by atoms with E-state index in [4.69, 9.17) is 16.3 Å². The quantitative estimate of drug-likeness (QED) is 0.746. The van der Waals surface area contributed by atoms with Crippen molar-refractivity contribution in [3.05, 3.63) is 51.9 Å². The standard InChI is InChI=1S/C21H20ClFN4O2/c22-18-15-11-29-19(17-13-9-12(23)3-4-16(13)26-21(17)28)14(15)10-25-20(18)24-5-8-27-6-1-2-7-27/h3-4,9-10H,1-2,5-8,11H2,(H,24,25)(H,26,28). The first kappa shape index (κ1) is 18.4. The predicted octanol–water partition coefficient (Wildman–Crippen LogP) is 3.73. The molecule has 2 aromatic rings. The zero-order valence-corrected chi connectivity index (χ0v) is 16.5. The van der Waals surface area contributed by atoms with E-state index in [0.29, 0.717) is 39.0 Å². The normalized spacial score (nSPS) is 20.4. The first-order valence-corrected chi connectivity index (χ1v) is 10.1. The van der Waals surface area contributed by atoms with Crippen molar-refractivity contribution in [3.8, 4) is 0 Å². The average molecular weight is 415 g/mol. The van der Waals surface area contributed by atoms with Gasteiger partial charge in [-0.1, -0.05) is 11.6 Å². The summed E-state index contributed by atoms with van der Waals surface area (Å²) >= 11 is 6.58. The lowest BCUT2D eigenvalue weighted by Crippen LogP contribution is -2.26. The fourth-order valence-electron chi connectivity index (χ4n) is 4.12. The van der Waals surface area contributed by atoms with Crippen LogP contribution < -0.4 is 10.6 Å². The number of amides is 1. The summed E-state index contributed by atoms with van der Waals surface area (Å²) in [6, 6.07) is 4.19. The first-order valence-electron chi connectivity index (χ1n) is 9.74. The monoisotopic (exact) mass is 414 g/mol. The van der Waals surface area contributed by atoms with Crippen LogP contribution in [0, 0.1) is 5.82 Å². The van der Waals surface area contributed by atoms with Crippen molar-refractivity contribution in [1.82, 2.24) is 9.88 Å². The molecule has 3 aliphatic rings. The van der Waals surface area contributed by atoms with Gasteiger partial charge >= 0.3 is 0 Å². The van der Waals surface area contributed by atoms with Crippen molar-refractivity contribution in [3.63, 3.8) is 0 Å². The van der Waals surface area contributed by atoms with Crippen LogP contribution in [-0.2, 0) is 16.1 Å². The molecule has 1 aromatic heterocycles. The van der Waals surface area contributed by atoms with E-state index in [9.17, 15) is 9.18 Å². The molecule has 2 N–H and O–H groups in total. The highest BCUT2D eigenvalue weighted by atomic mass is 35.5. The zero-order chi connectivity index (χ0) is 20.0. The molecule has 0 atom stereocenters.